The fourth-order valence-corrected chi connectivity index (χ4v) is 4.86. The van der Waals surface area contributed by atoms with Crippen LogP contribution in [0.5, 0.6) is 0 Å². The quantitative estimate of drug-likeness (QED) is 0.498. The third-order valence-corrected chi connectivity index (χ3v) is 6.67. The number of nitrogens with zero attached hydrogens (tertiary/aromatic N) is 6. The molecule has 2 atom stereocenters. The van der Waals surface area contributed by atoms with Crippen molar-refractivity contribution in [1.82, 2.24) is 20.4 Å². The van der Waals surface area contributed by atoms with E-state index in [0.717, 1.165) is 31.0 Å². The van der Waals surface area contributed by atoms with Gasteiger partial charge in [-0.2, -0.15) is 5.10 Å². The summed E-state index contributed by atoms with van der Waals surface area (Å²) in [6.45, 7) is 2.38. The van der Waals surface area contributed by atoms with Gasteiger partial charge in [0.15, 0.2) is 11.9 Å². The molecule has 2 N–H and O–H groups in total. The second-order valence-corrected chi connectivity index (χ2v) is 9.25. The van der Waals surface area contributed by atoms with Gasteiger partial charge in [0.2, 0.25) is 10.3 Å². The molecule has 0 spiro atoms. The summed E-state index contributed by atoms with van der Waals surface area (Å²) in [6, 6.07) is 11.4. The molecule has 178 valence electrons. The lowest BCUT2D eigenvalue weighted by Crippen LogP contribution is -2.48. The first-order valence-corrected chi connectivity index (χ1v) is 11.9. The lowest BCUT2D eigenvalue weighted by molar-refractivity contribution is -0.126. The molecule has 1 aromatic carbocycles. The largest absolute Gasteiger partial charge is 0.367 e. The Bertz CT molecular complexity index is 1130. The second-order valence-electron chi connectivity index (χ2n) is 8.27. The monoisotopic (exact) mass is 484 g/mol. The number of aromatic nitrogens is 4. The topological polar surface area (TPSA) is 108 Å². The fourth-order valence-electron chi connectivity index (χ4n) is 4.14. The van der Waals surface area contributed by atoms with E-state index in [1.54, 1.807) is 6.20 Å². The molecule has 4 heterocycles. The van der Waals surface area contributed by atoms with Gasteiger partial charge in [0.05, 0.1) is 13.1 Å². The Morgan fingerprint density at radius 3 is 2.76 bits per heavy atom. The Balaban J connectivity index is 1.18. The minimum atomic E-state index is -0.821. The maximum Gasteiger partial charge on any atom is 0.259 e. The molecular weight excluding hydrogens is 459 g/mol. The van der Waals surface area contributed by atoms with Crippen molar-refractivity contribution in [2.24, 2.45) is 0 Å². The number of carbonyl (C=O) groups is 1. The van der Waals surface area contributed by atoms with Crippen molar-refractivity contribution in [3.8, 4) is 0 Å². The lowest BCUT2D eigenvalue weighted by Gasteiger charge is -2.36. The summed E-state index contributed by atoms with van der Waals surface area (Å²) in [7, 11) is 1.48. The van der Waals surface area contributed by atoms with E-state index >= 15 is 0 Å². The van der Waals surface area contributed by atoms with Crippen LogP contribution in [0.25, 0.3) is 0 Å². The predicted molar refractivity (Wildman–Crippen MR) is 128 cm³/mol. The number of benzene rings is 1. The van der Waals surface area contributed by atoms with Crippen molar-refractivity contribution in [3.63, 3.8) is 0 Å². The van der Waals surface area contributed by atoms with Crippen LogP contribution >= 0.6 is 11.3 Å². The van der Waals surface area contributed by atoms with Gasteiger partial charge in [-0.3, -0.25) is 10.1 Å². The standard InChI is InChI=1S/C22H25FN8O2S/c1-33-19(14-4-2-5-17(10-14)31-11-15(23)12-31)20(32)26-22-29-28-21(34-22)25-16-7-9-30(13-16)18-6-3-8-24-27-18/h2-6,8,10,15-16,19H,7,9,11-13H2,1H3,(H,25,28)(H,26,29,32)/t16-,19+/m1/s1. The lowest BCUT2D eigenvalue weighted by atomic mass is 10.1. The van der Waals surface area contributed by atoms with Crippen molar-refractivity contribution in [3.05, 3.63) is 48.2 Å². The van der Waals surface area contributed by atoms with Crippen LogP contribution in [0.2, 0.25) is 0 Å². The fraction of sp³-hybridized carbons (Fsp3) is 0.409. The van der Waals surface area contributed by atoms with Crippen LogP contribution < -0.4 is 20.4 Å². The molecule has 5 rings (SSSR count). The van der Waals surface area contributed by atoms with Gasteiger partial charge in [-0.15, -0.1) is 15.3 Å². The third-order valence-electron chi connectivity index (χ3n) is 5.90. The molecule has 3 aromatic rings. The number of rotatable bonds is 8. The van der Waals surface area contributed by atoms with Gasteiger partial charge in [0, 0.05) is 38.1 Å². The average molecular weight is 485 g/mol. The number of nitrogens with one attached hydrogen (secondary N) is 2. The van der Waals surface area contributed by atoms with Crippen LogP contribution in [0.4, 0.5) is 26.2 Å². The number of alkyl halides is 1. The molecule has 10 nitrogen and oxygen atoms in total. The minimum absolute atomic E-state index is 0.193. The molecule has 1 amide bonds. The van der Waals surface area contributed by atoms with Crippen molar-refractivity contribution < 1.29 is 13.9 Å². The van der Waals surface area contributed by atoms with Crippen LogP contribution in [0.1, 0.15) is 18.1 Å². The molecular formula is C22H25FN8O2S. The van der Waals surface area contributed by atoms with Crippen LogP contribution in [0.3, 0.4) is 0 Å². The van der Waals surface area contributed by atoms with E-state index in [0.29, 0.717) is 28.9 Å². The van der Waals surface area contributed by atoms with Crippen LogP contribution in [-0.2, 0) is 9.53 Å². The van der Waals surface area contributed by atoms with Crippen molar-refractivity contribution >= 4 is 39.0 Å². The number of hydrogen-bond acceptors (Lipinski definition) is 10. The highest BCUT2D eigenvalue weighted by molar-refractivity contribution is 7.19. The zero-order valence-corrected chi connectivity index (χ0v) is 19.4. The van der Waals surface area contributed by atoms with Crippen molar-refractivity contribution in [2.45, 2.75) is 24.7 Å². The highest BCUT2D eigenvalue weighted by atomic mass is 32.1. The Labute approximate surface area is 200 Å². The summed E-state index contributed by atoms with van der Waals surface area (Å²) in [5, 5.41) is 23.6. The Hall–Kier alpha value is -3.38. The zero-order chi connectivity index (χ0) is 23.5. The number of anilines is 4. The SMILES string of the molecule is CO[C@H](C(=O)Nc1nnc(N[C@@H]2CCN(c3cccnn3)C2)s1)c1cccc(N2CC(F)C2)c1. The number of hydrogen-bond donors (Lipinski definition) is 2. The van der Waals surface area contributed by atoms with Gasteiger partial charge in [-0.25, -0.2) is 4.39 Å². The van der Waals surface area contributed by atoms with E-state index < -0.39 is 12.3 Å². The van der Waals surface area contributed by atoms with E-state index in [1.807, 2.05) is 41.3 Å². The first-order valence-electron chi connectivity index (χ1n) is 11.0. The molecule has 2 saturated heterocycles. The predicted octanol–water partition coefficient (Wildman–Crippen LogP) is 2.50. The van der Waals surface area contributed by atoms with Gasteiger partial charge in [0.1, 0.15) is 6.17 Å². The van der Waals surface area contributed by atoms with Gasteiger partial charge in [-0.05, 0) is 36.2 Å². The molecule has 2 aromatic heterocycles. The number of halogens is 1. The van der Waals surface area contributed by atoms with Gasteiger partial charge in [-0.1, -0.05) is 23.5 Å². The molecule has 12 heteroatoms. The Morgan fingerprint density at radius 2 is 2.00 bits per heavy atom. The number of amides is 1. The molecule has 2 aliphatic heterocycles. The van der Waals surface area contributed by atoms with E-state index in [2.05, 4.69) is 35.9 Å². The molecule has 0 radical (unpaired) electrons. The van der Waals surface area contributed by atoms with E-state index in [-0.39, 0.29) is 11.9 Å². The Kier molecular flexibility index (Phi) is 6.50. The molecule has 34 heavy (non-hydrogen) atoms. The van der Waals surface area contributed by atoms with E-state index in [4.69, 9.17) is 4.74 Å². The second kappa shape index (κ2) is 9.85. The van der Waals surface area contributed by atoms with Gasteiger partial charge < -0.3 is 19.9 Å². The summed E-state index contributed by atoms with van der Waals surface area (Å²) >= 11 is 1.27. The van der Waals surface area contributed by atoms with Gasteiger partial charge >= 0.3 is 0 Å². The smallest absolute Gasteiger partial charge is 0.259 e. The number of methoxy groups -OCH3 is 1. The normalized spacial score (nSPS) is 19.1. The summed E-state index contributed by atoms with van der Waals surface area (Å²) in [5.74, 6) is 0.509. The van der Waals surface area contributed by atoms with E-state index in [9.17, 15) is 9.18 Å². The molecule has 0 aliphatic carbocycles. The minimum Gasteiger partial charge on any atom is -0.367 e. The molecule has 2 aliphatic rings. The third kappa shape index (κ3) is 4.92. The molecule has 0 unspecified atom stereocenters. The summed E-state index contributed by atoms with van der Waals surface area (Å²) in [6.07, 6.45) is 0.965. The number of carbonyl (C=O) groups excluding carboxylic acids is 1. The first kappa shape index (κ1) is 22.4. The maximum absolute atomic E-state index is 13.2. The zero-order valence-electron chi connectivity index (χ0n) is 18.6. The van der Waals surface area contributed by atoms with Crippen LogP contribution in [-0.4, -0.2) is 71.8 Å². The van der Waals surface area contributed by atoms with Crippen LogP contribution in [0, 0.1) is 0 Å². The van der Waals surface area contributed by atoms with E-state index in [1.165, 1.54) is 18.4 Å². The summed E-state index contributed by atoms with van der Waals surface area (Å²) in [5.41, 5.74) is 1.56. The van der Waals surface area contributed by atoms with Gasteiger partial charge in [0.25, 0.3) is 5.91 Å². The highest BCUT2D eigenvalue weighted by Crippen LogP contribution is 2.29. The average Bonchev–Trinajstić information content (AvgIpc) is 3.48. The highest BCUT2D eigenvalue weighted by Gasteiger charge is 2.28. The molecule has 0 bridgehead atoms. The van der Waals surface area contributed by atoms with Crippen LogP contribution in [0.15, 0.2) is 42.6 Å². The Morgan fingerprint density at radius 1 is 1.15 bits per heavy atom. The summed E-state index contributed by atoms with van der Waals surface area (Å²) in [4.78, 5) is 17.0. The summed E-state index contributed by atoms with van der Waals surface area (Å²) < 4.78 is 18.7. The number of ether oxygens (including phenoxy) is 1. The molecule has 2 fully saturated rings. The molecule has 0 saturated carbocycles. The van der Waals surface area contributed by atoms with Crippen molar-refractivity contribution in [1.29, 1.82) is 0 Å². The first-order chi connectivity index (χ1) is 16.6. The van der Waals surface area contributed by atoms with Crippen molar-refractivity contribution in [2.75, 3.05) is 53.7 Å². The maximum atomic E-state index is 13.2.